The third-order valence-electron chi connectivity index (χ3n) is 3.88. The lowest BCUT2D eigenvalue weighted by atomic mass is 9.66. The SMILES string of the molecule is CC([O])C1CCCC2CC=CCC21. The van der Waals surface area contributed by atoms with Crippen molar-refractivity contribution in [2.45, 2.75) is 45.1 Å². The maximum absolute atomic E-state index is 11.5. The van der Waals surface area contributed by atoms with E-state index in [4.69, 9.17) is 0 Å². The second-order valence-corrected chi connectivity index (χ2v) is 4.67. The van der Waals surface area contributed by atoms with Gasteiger partial charge in [-0.1, -0.05) is 18.6 Å². The van der Waals surface area contributed by atoms with Gasteiger partial charge in [0.1, 0.15) is 0 Å². The van der Waals surface area contributed by atoms with E-state index in [0.717, 1.165) is 5.92 Å². The van der Waals surface area contributed by atoms with E-state index in [1.165, 1.54) is 32.1 Å². The molecule has 0 aromatic carbocycles. The molecule has 2 aliphatic carbocycles. The third kappa shape index (κ3) is 1.80. The van der Waals surface area contributed by atoms with Crippen LogP contribution in [0.5, 0.6) is 0 Å². The molecule has 2 aliphatic rings. The van der Waals surface area contributed by atoms with Crippen LogP contribution in [0.15, 0.2) is 12.2 Å². The van der Waals surface area contributed by atoms with Crippen LogP contribution in [0.25, 0.3) is 0 Å². The van der Waals surface area contributed by atoms with Crippen molar-refractivity contribution in [1.82, 2.24) is 0 Å². The molecule has 0 bridgehead atoms. The number of hydrogen-bond acceptors (Lipinski definition) is 0. The molecule has 13 heavy (non-hydrogen) atoms. The third-order valence-corrected chi connectivity index (χ3v) is 3.88. The molecule has 1 fully saturated rings. The van der Waals surface area contributed by atoms with Crippen molar-refractivity contribution >= 4 is 0 Å². The van der Waals surface area contributed by atoms with Crippen molar-refractivity contribution in [3.63, 3.8) is 0 Å². The van der Waals surface area contributed by atoms with E-state index in [1.54, 1.807) is 0 Å². The summed E-state index contributed by atoms with van der Waals surface area (Å²) in [6, 6.07) is 0. The number of hydrogen-bond donors (Lipinski definition) is 0. The van der Waals surface area contributed by atoms with Gasteiger partial charge in [-0.3, -0.25) is 0 Å². The lowest BCUT2D eigenvalue weighted by Crippen LogP contribution is -2.34. The van der Waals surface area contributed by atoms with Gasteiger partial charge in [-0.05, 0) is 50.4 Å². The highest BCUT2D eigenvalue weighted by Gasteiger charge is 2.35. The standard InChI is InChI=1S/C12H19O/c1-9(13)11-8-4-6-10-5-2-3-7-12(10)11/h2-3,9-12H,4-8H2,1H3. The van der Waals surface area contributed by atoms with Gasteiger partial charge < -0.3 is 0 Å². The zero-order valence-electron chi connectivity index (χ0n) is 8.41. The Labute approximate surface area is 80.8 Å². The van der Waals surface area contributed by atoms with Crippen molar-refractivity contribution in [3.8, 4) is 0 Å². The van der Waals surface area contributed by atoms with E-state index in [0.29, 0.717) is 11.8 Å². The first-order valence-corrected chi connectivity index (χ1v) is 5.60. The second kappa shape index (κ2) is 3.83. The van der Waals surface area contributed by atoms with Gasteiger partial charge in [0.05, 0.1) is 6.10 Å². The minimum absolute atomic E-state index is 0.348. The Morgan fingerprint density at radius 1 is 1.23 bits per heavy atom. The van der Waals surface area contributed by atoms with Gasteiger partial charge in [-0.2, -0.15) is 0 Å². The molecule has 4 atom stereocenters. The van der Waals surface area contributed by atoms with E-state index in [1.807, 2.05) is 6.92 Å². The zero-order chi connectivity index (χ0) is 9.26. The van der Waals surface area contributed by atoms with Crippen LogP contribution in [0, 0.1) is 17.8 Å². The molecule has 0 spiro atoms. The van der Waals surface area contributed by atoms with Crippen LogP contribution in [0.3, 0.4) is 0 Å². The molecule has 1 saturated carbocycles. The van der Waals surface area contributed by atoms with Crippen LogP contribution < -0.4 is 0 Å². The molecule has 73 valence electrons. The first kappa shape index (κ1) is 9.26. The Morgan fingerprint density at radius 3 is 2.77 bits per heavy atom. The Bertz CT molecular complexity index is 195. The van der Waals surface area contributed by atoms with E-state index in [9.17, 15) is 5.11 Å². The largest absolute Gasteiger partial charge is 0.233 e. The number of allylic oxidation sites excluding steroid dienone is 2. The summed E-state index contributed by atoms with van der Waals surface area (Å²) >= 11 is 0. The molecule has 4 unspecified atom stereocenters. The van der Waals surface area contributed by atoms with Crippen molar-refractivity contribution in [3.05, 3.63) is 12.2 Å². The first-order chi connectivity index (χ1) is 6.29. The van der Waals surface area contributed by atoms with E-state index < -0.39 is 0 Å². The molecule has 0 aromatic heterocycles. The lowest BCUT2D eigenvalue weighted by Gasteiger charge is -2.40. The molecular weight excluding hydrogens is 160 g/mol. The monoisotopic (exact) mass is 179 g/mol. The van der Waals surface area contributed by atoms with E-state index in [2.05, 4.69) is 12.2 Å². The minimum Gasteiger partial charge on any atom is -0.233 e. The molecule has 1 heteroatoms. The smallest absolute Gasteiger partial charge is 0.0932 e. The molecule has 0 amide bonds. The molecular formula is C12H19O. The summed E-state index contributed by atoms with van der Waals surface area (Å²) in [5, 5.41) is 11.5. The average molecular weight is 179 g/mol. The van der Waals surface area contributed by atoms with Crippen molar-refractivity contribution < 1.29 is 5.11 Å². The predicted octanol–water partition coefficient (Wildman–Crippen LogP) is 3.19. The molecule has 0 heterocycles. The fraction of sp³-hybridized carbons (Fsp3) is 0.833. The van der Waals surface area contributed by atoms with Crippen LogP contribution in [0.4, 0.5) is 0 Å². The zero-order valence-corrected chi connectivity index (χ0v) is 8.41. The minimum atomic E-state index is -0.348. The summed E-state index contributed by atoms with van der Waals surface area (Å²) in [5.74, 6) is 2.01. The van der Waals surface area contributed by atoms with Gasteiger partial charge in [0.15, 0.2) is 0 Å². The molecule has 0 aliphatic heterocycles. The summed E-state index contributed by atoms with van der Waals surface area (Å²) in [6.07, 6.45) is 10.5. The normalized spacial score (nSPS) is 41.2. The fourth-order valence-electron chi connectivity index (χ4n) is 3.16. The first-order valence-electron chi connectivity index (χ1n) is 5.60. The van der Waals surface area contributed by atoms with Crippen molar-refractivity contribution in [1.29, 1.82) is 0 Å². The predicted molar refractivity (Wildman–Crippen MR) is 52.8 cm³/mol. The van der Waals surface area contributed by atoms with E-state index >= 15 is 0 Å². The number of rotatable bonds is 1. The van der Waals surface area contributed by atoms with Crippen LogP contribution in [-0.2, 0) is 5.11 Å². The maximum atomic E-state index is 11.5. The van der Waals surface area contributed by atoms with Crippen LogP contribution >= 0.6 is 0 Å². The number of fused-ring (bicyclic) bond motifs is 1. The van der Waals surface area contributed by atoms with Gasteiger partial charge in [0.2, 0.25) is 0 Å². The molecule has 0 saturated heterocycles. The van der Waals surface area contributed by atoms with Crippen molar-refractivity contribution in [2.75, 3.05) is 0 Å². The van der Waals surface area contributed by atoms with Gasteiger partial charge in [0.25, 0.3) is 0 Å². The Balaban J connectivity index is 2.08. The molecule has 1 nitrogen and oxygen atoms in total. The maximum Gasteiger partial charge on any atom is 0.0932 e. The Morgan fingerprint density at radius 2 is 2.00 bits per heavy atom. The fourth-order valence-corrected chi connectivity index (χ4v) is 3.16. The second-order valence-electron chi connectivity index (χ2n) is 4.67. The Kier molecular flexibility index (Phi) is 2.73. The highest BCUT2D eigenvalue weighted by atomic mass is 16.3. The molecule has 0 N–H and O–H groups in total. The van der Waals surface area contributed by atoms with Crippen LogP contribution in [0.1, 0.15) is 39.0 Å². The summed E-state index contributed by atoms with van der Waals surface area (Å²) < 4.78 is 0. The van der Waals surface area contributed by atoms with Gasteiger partial charge in [0, 0.05) is 0 Å². The summed E-state index contributed by atoms with van der Waals surface area (Å²) in [5.41, 5.74) is 0. The summed E-state index contributed by atoms with van der Waals surface area (Å²) in [6.45, 7) is 1.85. The van der Waals surface area contributed by atoms with Crippen molar-refractivity contribution in [2.24, 2.45) is 17.8 Å². The molecule has 2 rings (SSSR count). The molecule has 1 radical (unpaired) electrons. The van der Waals surface area contributed by atoms with Crippen LogP contribution in [-0.4, -0.2) is 6.10 Å². The lowest BCUT2D eigenvalue weighted by molar-refractivity contribution is -0.0114. The topological polar surface area (TPSA) is 19.9 Å². The van der Waals surface area contributed by atoms with Gasteiger partial charge in [-0.15, -0.1) is 0 Å². The molecule has 0 aromatic rings. The van der Waals surface area contributed by atoms with Gasteiger partial charge in [-0.25, -0.2) is 5.11 Å². The van der Waals surface area contributed by atoms with Crippen LogP contribution in [0.2, 0.25) is 0 Å². The highest BCUT2D eigenvalue weighted by molar-refractivity contribution is 4.99. The average Bonchev–Trinajstić information content (AvgIpc) is 2.17. The summed E-state index contributed by atoms with van der Waals surface area (Å²) in [7, 11) is 0. The highest BCUT2D eigenvalue weighted by Crippen LogP contribution is 2.42. The summed E-state index contributed by atoms with van der Waals surface area (Å²) in [4.78, 5) is 0. The van der Waals surface area contributed by atoms with E-state index in [-0.39, 0.29) is 6.10 Å². The van der Waals surface area contributed by atoms with Gasteiger partial charge >= 0.3 is 0 Å². The Hall–Kier alpha value is -0.300. The quantitative estimate of drug-likeness (QED) is 0.551.